The van der Waals surface area contributed by atoms with E-state index in [1.807, 2.05) is 35.2 Å². The van der Waals surface area contributed by atoms with Gasteiger partial charge in [0, 0.05) is 6.54 Å². The maximum Gasteiger partial charge on any atom is 0.264 e. The molecule has 1 fully saturated rings. The van der Waals surface area contributed by atoms with Crippen molar-refractivity contribution in [3.8, 4) is 0 Å². The van der Waals surface area contributed by atoms with Crippen LogP contribution in [0.4, 0.5) is 0 Å². The molecule has 2 aromatic rings. The first-order valence-electron chi connectivity index (χ1n) is 6.95. The van der Waals surface area contributed by atoms with Crippen LogP contribution in [0.1, 0.15) is 34.1 Å². The van der Waals surface area contributed by atoms with Crippen molar-refractivity contribution in [1.29, 1.82) is 0 Å². The Morgan fingerprint density at radius 2 is 1.91 bits per heavy atom. The number of nitrogens with two attached hydrogens (primary N) is 1. The van der Waals surface area contributed by atoms with E-state index < -0.39 is 10.0 Å². The highest BCUT2D eigenvalue weighted by atomic mass is 32.2. The van der Waals surface area contributed by atoms with Gasteiger partial charge in [-0.3, -0.25) is 4.79 Å². The van der Waals surface area contributed by atoms with Gasteiger partial charge in [0.15, 0.2) is 0 Å². The van der Waals surface area contributed by atoms with Crippen molar-refractivity contribution in [2.24, 2.45) is 5.14 Å². The van der Waals surface area contributed by atoms with Gasteiger partial charge in [-0.2, -0.15) is 0 Å². The Morgan fingerprint density at radius 1 is 1.18 bits per heavy atom. The molecule has 0 unspecified atom stereocenters. The van der Waals surface area contributed by atoms with Gasteiger partial charge in [0.05, 0.1) is 10.9 Å². The summed E-state index contributed by atoms with van der Waals surface area (Å²) in [5, 5.41) is 5.10. The molecule has 1 saturated heterocycles. The molecule has 2 N–H and O–H groups in total. The number of sulfonamides is 1. The smallest absolute Gasteiger partial charge is 0.264 e. The Labute approximate surface area is 133 Å². The minimum Gasteiger partial charge on any atom is -0.331 e. The lowest BCUT2D eigenvalue weighted by molar-refractivity contribution is 0.0740. The standard InChI is InChI=1S/C15H16N2O3S2/c16-22(19,20)14-9-8-13(21-14)15(18)17-10-4-7-12(17)11-5-2-1-3-6-11/h1-3,5-6,8-9,12H,4,7,10H2,(H2,16,19,20)/t12-/m0/s1. The monoisotopic (exact) mass is 336 g/mol. The number of hydrogen-bond donors (Lipinski definition) is 1. The summed E-state index contributed by atoms with van der Waals surface area (Å²) in [6.45, 7) is 0.682. The van der Waals surface area contributed by atoms with Gasteiger partial charge < -0.3 is 4.90 Å². The number of carbonyl (C=O) groups is 1. The van der Waals surface area contributed by atoms with Gasteiger partial charge in [-0.1, -0.05) is 30.3 Å². The first-order valence-corrected chi connectivity index (χ1v) is 9.31. The summed E-state index contributed by atoms with van der Waals surface area (Å²) < 4.78 is 22.7. The zero-order chi connectivity index (χ0) is 15.7. The first kappa shape index (κ1) is 15.2. The van der Waals surface area contributed by atoms with Crippen LogP contribution in [0.5, 0.6) is 0 Å². The summed E-state index contributed by atoms with van der Waals surface area (Å²) >= 11 is 0.928. The van der Waals surface area contributed by atoms with Gasteiger partial charge in [0.25, 0.3) is 5.91 Å². The van der Waals surface area contributed by atoms with E-state index >= 15 is 0 Å². The lowest BCUT2D eigenvalue weighted by Crippen LogP contribution is -2.29. The van der Waals surface area contributed by atoms with Crippen molar-refractivity contribution in [3.63, 3.8) is 0 Å². The van der Waals surface area contributed by atoms with E-state index in [1.54, 1.807) is 0 Å². The fourth-order valence-corrected chi connectivity index (χ4v) is 4.45. The van der Waals surface area contributed by atoms with Crippen LogP contribution in [0, 0.1) is 0 Å². The molecule has 0 spiro atoms. The summed E-state index contributed by atoms with van der Waals surface area (Å²) in [5.41, 5.74) is 1.11. The Hall–Kier alpha value is -1.70. The molecule has 2 heterocycles. The van der Waals surface area contributed by atoms with Crippen LogP contribution in [-0.2, 0) is 10.0 Å². The number of likely N-dealkylation sites (tertiary alicyclic amines) is 1. The van der Waals surface area contributed by atoms with Gasteiger partial charge >= 0.3 is 0 Å². The molecular weight excluding hydrogens is 320 g/mol. The molecule has 0 aliphatic carbocycles. The molecule has 1 aliphatic rings. The number of carbonyl (C=O) groups excluding carboxylic acids is 1. The largest absolute Gasteiger partial charge is 0.331 e. The average molecular weight is 336 g/mol. The summed E-state index contributed by atoms with van der Waals surface area (Å²) in [7, 11) is -3.76. The van der Waals surface area contributed by atoms with E-state index in [2.05, 4.69) is 0 Å². The van der Waals surface area contributed by atoms with Gasteiger partial charge in [-0.25, -0.2) is 13.6 Å². The number of rotatable bonds is 3. The number of nitrogens with zero attached hydrogens (tertiary/aromatic N) is 1. The van der Waals surface area contributed by atoms with E-state index in [4.69, 9.17) is 5.14 Å². The summed E-state index contributed by atoms with van der Waals surface area (Å²) in [6.07, 6.45) is 1.86. The third-order valence-corrected chi connectivity index (χ3v) is 6.28. The number of thiophene rings is 1. The average Bonchev–Trinajstić information content (AvgIpc) is 3.16. The summed E-state index contributed by atoms with van der Waals surface area (Å²) in [6, 6.07) is 12.9. The predicted octanol–water partition coefficient (Wildman–Crippen LogP) is 2.37. The van der Waals surface area contributed by atoms with Gasteiger partial charge in [0.1, 0.15) is 4.21 Å². The lowest BCUT2D eigenvalue weighted by atomic mass is 10.0. The molecule has 0 saturated carbocycles. The van der Waals surface area contributed by atoms with Crippen LogP contribution in [0.15, 0.2) is 46.7 Å². The second-order valence-corrected chi connectivity index (χ2v) is 8.10. The first-order chi connectivity index (χ1) is 10.5. The Bertz CT molecular complexity index is 784. The maximum absolute atomic E-state index is 12.7. The minimum atomic E-state index is -3.76. The van der Waals surface area contributed by atoms with Gasteiger partial charge in [-0.05, 0) is 30.5 Å². The van der Waals surface area contributed by atoms with Crippen LogP contribution in [0.25, 0.3) is 0 Å². The van der Waals surface area contributed by atoms with Crippen molar-refractivity contribution in [3.05, 3.63) is 52.9 Å². The molecule has 1 amide bonds. The van der Waals surface area contributed by atoms with Crippen LogP contribution >= 0.6 is 11.3 Å². The SMILES string of the molecule is NS(=O)(=O)c1ccc(C(=O)N2CCC[C@H]2c2ccccc2)s1. The molecule has 1 aromatic heterocycles. The maximum atomic E-state index is 12.7. The zero-order valence-corrected chi connectivity index (χ0v) is 13.4. The highest BCUT2D eigenvalue weighted by Crippen LogP contribution is 2.34. The third-order valence-electron chi connectivity index (χ3n) is 3.77. The van der Waals surface area contributed by atoms with E-state index in [-0.39, 0.29) is 16.2 Å². The van der Waals surface area contributed by atoms with Crippen LogP contribution in [0.2, 0.25) is 0 Å². The van der Waals surface area contributed by atoms with E-state index in [0.717, 1.165) is 29.7 Å². The van der Waals surface area contributed by atoms with Crippen molar-refractivity contribution >= 4 is 27.3 Å². The molecule has 5 nitrogen and oxygen atoms in total. The quantitative estimate of drug-likeness (QED) is 0.934. The molecule has 1 aromatic carbocycles. The topological polar surface area (TPSA) is 80.5 Å². The molecule has 7 heteroatoms. The fourth-order valence-electron chi connectivity index (χ4n) is 2.76. The van der Waals surface area contributed by atoms with Crippen molar-refractivity contribution in [1.82, 2.24) is 4.90 Å². The molecule has 0 radical (unpaired) electrons. The highest BCUT2D eigenvalue weighted by molar-refractivity contribution is 7.91. The van der Waals surface area contributed by atoms with Crippen molar-refractivity contribution in [2.45, 2.75) is 23.1 Å². The van der Waals surface area contributed by atoms with Crippen molar-refractivity contribution < 1.29 is 13.2 Å². The number of amides is 1. The molecule has 22 heavy (non-hydrogen) atoms. The van der Waals surface area contributed by atoms with E-state index in [0.29, 0.717) is 11.4 Å². The molecule has 1 atom stereocenters. The van der Waals surface area contributed by atoms with Crippen LogP contribution in [0.3, 0.4) is 0 Å². The van der Waals surface area contributed by atoms with E-state index in [9.17, 15) is 13.2 Å². The Morgan fingerprint density at radius 3 is 2.55 bits per heavy atom. The third kappa shape index (κ3) is 2.92. The molecule has 3 rings (SSSR count). The summed E-state index contributed by atoms with van der Waals surface area (Å²) in [4.78, 5) is 14.9. The van der Waals surface area contributed by atoms with Gasteiger partial charge in [0.2, 0.25) is 10.0 Å². The molecular formula is C15H16N2O3S2. The molecule has 1 aliphatic heterocycles. The van der Waals surface area contributed by atoms with Crippen molar-refractivity contribution in [2.75, 3.05) is 6.54 Å². The normalized spacial score (nSPS) is 18.6. The molecule has 0 bridgehead atoms. The Balaban J connectivity index is 1.87. The second kappa shape index (κ2) is 5.83. The number of benzene rings is 1. The second-order valence-electron chi connectivity index (χ2n) is 5.23. The number of primary sulfonamides is 1. The fraction of sp³-hybridized carbons (Fsp3) is 0.267. The van der Waals surface area contributed by atoms with Crippen LogP contribution in [-0.4, -0.2) is 25.8 Å². The predicted molar refractivity (Wildman–Crippen MR) is 85.1 cm³/mol. The van der Waals surface area contributed by atoms with Gasteiger partial charge in [-0.15, -0.1) is 11.3 Å². The molecule has 116 valence electrons. The minimum absolute atomic E-state index is 0.0197. The number of hydrogen-bond acceptors (Lipinski definition) is 4. The summed E-state index contributed by atoms with van der Waals surface area (Å²) in [5.74, 6) is -0.133. The van der Waals surface area contributed by atoms with E-state index in [1.165, 1.54) is 12.1 Å². The highest BCUT2D eigenvalue weighted by Gasteiger charge is 2.31. The van der Waals surface area contributed by atoms with Crippen LogP contribution < -0.4 is 5.14 Å². The lowest BCUT2D eigenvalue weighted by Gasteiger charge is -2.24. The zero-order valence-electron chi connectivity index (χ0n) is 11.8. The Kier molecular flexibility index (Phi) is 4.03.